The number of rotatable bonds is 2. The van der Waals surface area contributed by atoms with E-state index in [0.717, 1.165) is 11.4 Å². The second-order valence-corrected chi connectivity index (χ2v) is 3.72. The van der Waals surface area contributed by atoms with E-state index in [1.807, 2.05) is 13.8 Å². The predicted octanol–water partition coefficient (Wildman–Crippen LogP) is 1.71. The molecule has 0 spiro atoms. The van der Waals surface area contributed by atoms with Crippen molar-refractivity contribution in [3.05, 3.63) is 23.7 Å². The van der Waals surface area contributed by atoms with E-state index in [1.54, 1.807) is 12.3 Å². The first kappa shape index (κ1) is 11.3. The van der Waals surface area contributed by atoms with Crippen LogP contribution in [0.3, 0.4) is 0 Å². The summed E-state index contributed by atoms with van der Waals surface area (Å²) in [7, 11) is 0. The third kappa shape index (κ3) is 2.47. The van der Waals surface area contributed by atoms with Crippen molar-refractivity contribution in [1.29, 1.82) is 0 Å². The summed E-state index contributed by atoms with van der Waals surface area (Å²) < 4.78 is 5.12. The van der Waals surface area contributed by atoms with Crippen molar-refractivity contribution in [1.82, 2.24) is 15.1 Å². The van der Waals surface area contributed by atoms with E-state index in [4.69, 9.17) is 4.52 Å². The maximum absolute atomic E-state index is 11.1. The first-order chi connectivity index (χ1) is 8.06. The summed E-state index contributed by atoms with van der Waals surface area (Å²) >= 11 is 0. The fourth-order valence-corrected chi connectivity index (χ4v) is 1.38. The van der Waals surface area contributed by atoms with Crippen LogP contribution in [0.25, 0.3) is 11.5 Å². The molecule has 0 fully saturated rings. The van der Waals surface area contributed by atoms with Crippen molar-refractivity contribution in [2.45, 2.75) is 20.8 Å². The molecule has 6 heteroatoms. The van der Waals surface area contributed by atoms with Crippen molar-refractivity contribution in [3.63, 3.8) is 0 Å². The number of nitrogens with one attached hydrogen (secondary N) is 1. The lowest BCUT2D eigenvalue weighted by molar-refractivity contribution is -0.114. The predicted molar refractivity (Wildman–Crippen MR) is 61.3 cm³/mol. The number of aromatic nitrogens is 3. The van der Waals surface area contributed by atoms with Gasteiger partial charge in [-0.2, -0.15) is 0 Å². The molecule has 0 atom stereocenters. The number of nitrogens with zero attached hydrogens (tertiary/aromatic N) is 3. The minimum atomic E-state index is -0.208. The van der Waals surface area contributed by atoms with Gasteiger partial charge in [0, 0.05) is 13.0 Å². The first-order valence-corrected chi connectivity index (χ1v) is 5.11. The van der Waals surface area contributed by atoms with Gasteiger partial charge in [0.15, 0.2) is 17.3 Å². The van der Waals surface area contributed by atoms with Crippen LogP contribution < -0.4 is 5.32 Å². The summed E-state index contributed by atoms with van der Waals surface area (Å²) in [6, 6.07) is 1.74. The van der Waals surface area contributed by atoms with Crippen LogP contribution in [0.15, 0.2) is 16.8 Å². The standard InChI is InChI=1S/C11H12N4O2/c1-6-4-9(17-15-6)10-11(14-8(3)16)12-5-7(2)13-10/h4-5H,1-3H3,(H,12,14,16). The molecule has 0 aliphatic carbocycles. The molecule has 2 rings (SSSR count). The van der Waals surface area contributed by atoms with Crippen LogP contribution in [0.2, 0.25) is 0 Å². The maximum Gasteiger partial charge on any atom is 0.222 e. The van der Waals surface area contributed by atoms with Gasteiger partial charge in [-0.3, -0.25) is 4.79 Å². The lowest BCUT2D eigenvalue weighted by Gasteiger charge is -2.05. The molecule has 88 valence electrons. The van der Waals surface area contributed by atoms with Gasteiger partial charge in [0.25, 0.3) is 0 Å². The first-order valence-electron chi connectivity index (χ1n) is 5.11. The molecule has 2 aromatic rings. The molecule has 2 aromatic heterocycles. The highest BCUT2D eigenvalue weighted by Gasteiger charge is 2.14. The molecule has 1 amide bonds. The van der Waals surface area contributed by atoms with Gasteiger partial charge in [-0.15, -0.1) is 0 Å². The van der Waals surface area contributed by atoms with Gasteiger partial charge in [0.1, 0.15) is 0 Å². The Morgan fingerprint density at radius 3 is 2.71 bits per heavy atom. The Bertz CT molecular complexity index is 562. The summed E-state index contributed by atoms with van der Waals surface area (Å²) in [5.41, 5.74) is 1.97. The Morgan fingerprint density at radius 2 is 2.12 bits per heavy atom. The highest BCUT2D eigenvalue weighted by molar-refractivity contribution is 5.90. The molecule has 1 N–H and O–H groups in total. The Kier molecular flexibility index (Phi) is 2.86. The molecule has 17 heavy (non-hydrogen) atoms. The van der Waals surface area contributed by atoms with Crippen LogP contribution in [0.4, 0.5) is 5.82 Å². The van der Waals surface area contributed by atoms with Gasteiger partial charge in [-0.05, 0) is 13.8 Å². The van der Waals surface area contributed by atoms with Gasteiger partial charge in [-0.1, -0.05) is 5.16 Å². The van der Waals surface area contributed by atoms with Crippen LogP contribution in [0.5, 0.6) is 0 Å². The minimum Gasteiger partial charge on any atom is -0.354 e. The molecular weight excluding hydrogens is 220 g/mol. The highest BCUT2D eigenvalue weighted by atomic mass is 16.5. The zero-order valence-corrected chi connectivity index (χ0v) is 9.81. The Balaban J connectivity index is 2.50. The van der Waals surface area contributed by atoms with E-state index in [-0.39, 0.29) is 5.91 Å². The summed E-state index contributed by atoms with van der Waals surface area (Å²) in [5, 5.41) is 6.40. The fourth-order valence-electron chi connectivity index (χ4n) is 1.38. The second kappa shape index (κ2) is 4.32. The molecule has 0 saturated heterocycles. The molecule has 0 radical (unpaired) electrons. The number of amides is 1. The summed E-state index contributed by atoms with van der Waals surface area (Å²) in [6.45, 7) is 5.04. The highest BCUT2D eigenvalue weighted by Crippen LogP contribution is 2.24. The lowest BCUT2D eigenvalue weighted by atomic mass is 10.3. The van der Waals surface area contributed by atoms with Gasteiger partial charge in [0.05, 0.1) is 17.6 Å². The van der Waals surface area contributed by atoms with Crippen LogP contribution in [0.1, 0.15) is 18.3 Å². The molecular formula is C11H12N4O2. The number of carbonyl (C=O) groups excluding carboxylic acids is 1. The molecule has 0 aromatic carbocycles. The van der Waals surface area contributed by atoms with Crippen molar-refractivity contribution in [2.75, 3.05) is 5.32 Å². The Labute approximate surface area is 98.1 Å². The van der Waals surface area contributed by atoms with E-state index in [0.29, 0.717) is 17.3 Å². The molecule has 0 saturated carbocycles. The number of carbonyl (C=O) groups is 1. The third-order valence-corrected chi connectivity index (χ3v) is 2.05. The summed E-state index contributed by atoms with van der Waals surface area (Å²) in [4.78, 5) is 19.5. The quantitative estimate of drug-likeness (QED) is 0.852. The van der Waals surface area contributed by atoms with Crippen LogP contribution in [-0.2, 0) is 4.79 Å². The van der Waals surface area contributed by atoms with E-state index in [2.05, 4.69) is 20.4 Å². The van der Waals surface area contributed by atoms with Crippen molar-refractivity contribution in [3.8, 4) is 11.5 Å². The van der Waals surface area contributed by atoms with Gasteiger partial charge in [-0.25, -0.2) is 9.97 Å². The largest absolute Gasteiger partial charge is 0.354 e. The molecule has 0 bridgehead atoms. The zero-order valence-electron chi connectivity index (χ0n) is 9.81. The minimum absolute atomic E-state index is 0.208. The maximum atomic E-state index is 11.1. The zero-order chi connectivity index (χ0) is 12.4. The Morgan fingerprint density at radius 1 is 1.35 bits per heavy atom. The topological polar surface area (TPSA) is 80.9 Å². The van der Waals surface area contributed by atoms with Crippen LogP contribution in [-0.4, -0.2) is 21.0 Å². The average Bonchev–Trinajstić information content (AvgIpc) is 2.67. The van der Waals surface area contributed by atoms with Gasteiger partial charge in [0.2, 0.25) is 5.91 Å². The average molecular weight is 232 g/mol. The number of hydrogen-bond donors (Lipinski definition) is 1. The molecule has 0 unspecified atom stereocenters. The number of hydrogen-bond acceptors (Lipinski definition) is 5. The molecule has 0 aliphatic rings. The number of aryl methyl sites for hydroxylation is 2. The summed E-state index contributed by atoms with van der Waals surface area (Å²) in [6.07, 6.45) is 1.58. The molecule has 0 aliphatic heterocycles. The summed E-state index contributed by atoms with van der Waals surface area (Å²) in [5.74, 6) is 0.655. The lowest BCUT2D eigenvalue weighted by Crippen LogP contribution is -2.09. The van der Waals surface area contributed by atoms with Gasteiger partial charge >= 0.3 is 0 Å². The van der Waals surface area contributed by atoms with E-state index < -0.39 is 0 Å². The smallest absolute Gasteiger partial charge is 0.222 e. The van der Waals surface area contributed by atoms with Crippen LogP contribution in [0, 0.1) is 13.8 Å². The van der Waals surface area contributed by atoms with Crippen molar-refractivity contribution in [2.24, 2.45) is 0 Å². The SMILES string of the molecule is CC(=O)Nc1ncc(C)nc1-c1cc(C)no1. The monoisotopic (exact) mass is 232 g/mol. The normalized spacial score (nSPS) is 10.3. The van der Waals surface area contributed by atoms with Crippen LogP contribution >= 0.6 is 0 Å². The van der Waals surface area contributed by atoms with E-state index >= 15 is 0 Å². The Hall–Kier alpha value is -2.24. The molecule has 6 nitrogen and oxygen atoms in total. The fraction of sp³-hybridized carbons (Fsp3) is 0.273. The van der Waals surface area contributed by atoms with Crippen molar-refractivity contribution >= 4 is 11.7 Å². The van der Waals surface area contributed by atoms with Gasteiger partial charge < -0.3 is 9.84 Å². The molecule has 2 heterocycles. The second-order valence-electron chi connectivity index (χ2n) is 3.72. The van der Waals surface area contributed by atoms with E-state index in [9.17, 15) is 4.79 Å². The third-order valence-electron chi connectivity index (χ3n) is 2.05. The van der Waals surface area contributed by atoms with E-state index in [1.165, 1.54) is 6.92 Å². The number of anilines is 1. The van der Waals surface area contributed by atoms with Crippen molar-refractivity contribution < 1.29 is 9.32 Å².